The number of thiazole rings is 1. The van der Waals surface area contributed by atoms with Crippen molar-refractivity contribution < 1.29 is 4.52 Å². The minimum Gasteiger partial charge on any atom is -0.338 e. The summed E-state index contributed by atoms with van der Waals surface area (Å²) in [6.45, 7) is 1.98. The standard InChI is InChI=1S/C11H16N4OS2/c1-7-13-8(6-18-7)5-10-14-11(16-15-10)9(12)3-4-17-2/h6,9H,3-5,12H2,1-2H3. The fraction of sp³-hybridized carbons (Fsp3) is 0.545. The molecule has 2 heterocycles. The van der Waals surface area contributed by atoms with Crippen molar-refractivity contribution in [3.63, 3.8) is 0 Å². The molecule has 2 aromatic heterocycles. The van der Waals surface area contributed by atoms with Crippen molar-refractivity contribution >= 4 is 23.1 Å². The Kier molecular flexibility index (Phi) is 4.73. The molecular formula is C11H16N4OS2. The van der Waals surface area contributed by atoms with Crippen molar-refractivity contribution in [2.45, 2.75) is 25.8 Å². The molecular weight excluding hydrogens is 268 g/mol. The van der Waals surface area contributed by atoms with Crippen molar-refractivity contribution in [2.24, 2.45) is 5.73 Å². The van der Waals surface area contributed by atoms with E-state index in [0.29, 0.717) is 18.1 Å². The number of aryl methyl sites for hydroxylation is 1. The maximum Gasteiger partial charge on any atom is 0.243 e. The SMILES string of the molecule is CSCCC(N)c1nc(Cc2csc(C)n2)no1. The van der Waals surface area contributed by atoms with Crippen LogP contribution in [0, 0.1) is 6.92 Å². The van der Waals surface area contributed by atoms with Crippen LogP contribution in [0.5, 0.6) is 0 Å². The predicted molar refractivity (Wildman–Crippen MR) is 73.9 cm³/mol. The highest BCUT2D eigenvalue weighted by atomic mass is 32.2. The number of hydrogen-bond acceptors (Lipinski definition) is 7. The van der Waals surface area contributed by atoms with Crippen molar-refractivity contribution in [1.29, 1.82) is 0 Å². The molecule has 1 unspecified atom stereocenters. The lowest BCUT2D eigenvalue weighted by molar-refractivity contribution is 0.349. The van der Waals surface area contributed by atoms with Gasteiger partial charge in [-0.2, -0.15) is 16.7 Å². The van der Waals surface area contributed by atoms with Gasteiger partial charge in [0.05, 0.1) is 23.2 Å². The maximum absolute atomic E-state index is 5.97. The predicted octanol–water partition coefficient (Wildman–Crippen LogP) is 2.18. The van der Waals surface area contributed by atoms with Gasteiger partial charge in [0.25, 0.3) is 0 Å². The van der Waals surface area contributed by atoms with Crippen LogP contribution in [0.2, 0.25) is 0 Å². The molecule has 0 fully saturated rings. The molecule has 0 bridgehead atoms. The van der Waals surface area contributed by atoms with Crippen LogP contribution in [0.3, 0.4) is 0 Å². The lowest BCUT2D eigenvalue weighted by atomic mass is 10.2. The molecule has 0 aliphatic carbocycles. The number of rotatable bonds is 6. The molecule has 98 valence electrons. The Morgan fingerprint density at radius 1 is 1.50 bits per heavy atom. The quantitative estimate of drug-likeness (QED) is 0.876. The van der Waals surface area contributed by atoms with Crippen LogP contribution in [0.1, 0.15) is 34.9 Å². The summed E-state index contributed by atoms with van der Waals surface area (Å²) in [7, 11) is 0. The number of nitrogens with two attached hydrogens (primary N) is 1. The maximum atomic E-state index is 5.97. The molecule has 0 saturated carbocycles. The highest BCUT2D eigenvalue weighted by Gasteiger charge is 2.15. The van der Waals surface area contributed by atoms with Gasteiger partial charge < -0.3 is 10.3 Å². The first-order chi connectivity index (χ1) is 8.69. The molecule has 0 amide bonds. The molecule has 0 aliphatic heterocycles. The van der Waals surface area contributed by atoms with Crippen LogP contribution < -0.4 is 5.73 Å². The van der Waals surface area contributed by atoms with E-state index in [2.05, 4.69) is 21.4 Å². The smallest absolute Gasteiger partial charge is 0.243 e. The lowest BCUT2D eigenvalue weighted by Gasteiger charge is -2.03. The summed E-state index contributed by atoms with van der Waals surface area (Å²) < 4.78 is 5.18. The van der Waals surface area contributed by atoms with Gasteiger partial charge in [-0.25, -0.2) is 4.98 Å². The van der Waals surface area contributed by atoms with Crippen molar-refractivity contribution in [1.82, 2.24) is 15.1 Å². The first kappa shape index (κ1) is 13.5. The van der Waals surface area contributed by atoms with Gasteiger partial charge in [-0.15, -0.1) is 11.3 Å². The van der Waals surface area contributed by atoms with E-state index in [9.17, 15) is 0 Å². The van der Waals surface area contributed by atoms with Crippen LogP contribution in [0.4, 0.5) is 0 Å². The van der Waals surface area contributed by atoms with Gasteiger partial charge in [0, 0.05) is 5.38 Å². The Morgan fingerprint density at radius 2 is 2.33 bits per heavy atom. The van der Waals surface area contributed by atoms with Gasteiger partial charge in [0.2, 0.25) is 5.89 Å². The lowest BCUT2D eigenvalue weighted by Crippen LogP contribution is -2.11. The van der Waals surface area contributed by atoms with E-state index >= 15 is 0 Å². The monoisotopic (exact) mass is 284 g/mol. The summed E-state index contributed by atoms with van der Waals surface area (Å²) in [5.74, 6) is 2.16. The molecule has 7 heteroatoms. The Hall–Kier alpha value is -0.920. The Bertz CT molecular complexity index is 497. The summed E-state index contributed by atoms with van der Waals surface area (Å²) in [4.78, 5) is 8.69. The molecule has 0 aliphatic rings. The van der Waals surface area contributed by atoms with Gasteiger partial charge in [-0.3, -0.25) is 0 Å². The molecule has 0 radical (unpaired) electrons. The summed E-state index contributed by atoms with van der Waals surface area (Å²) in [5.41, 5.74) is 6.94. The van der Waals surface area contributed by atoms with Gasteiger partial charge in [-0.05, 0) is 25.4 Å². The molecule has 5 nitrogen and oxygen atoms in total. The van der Waals surface area contributed by atoms with E-state index in [4.69, 9.17) is 10.3 Å². The van der Waals surface area contributed by atoms with Gasteiger partial charge in [0.1, 0.15) is 0 Å². The van der Waals surface area contributed by atoms with Crippen LogP contribution >= 0.6 is 23.1 Å². The van der Waals surface area contributed by atoms with Gasteiger partial charge in [0.15, 0.2) is 5.82 Å². The molecule has 0 spiro atoms. The Balaban J connectivity index is 1.97. The third kappa shape index (κ3) is 3.54. The second-order valence-electron chi connectivity index (χ2n) is 3.97. The molecule has 0 aromatic carbocycles. The number of thioether (sulfide) groups is 1. The van der Waals surface area contributed by atoms with Crippen molar-refractivity contribution in [2.75, 3.05) is 12.0 Å². The zero-order valence-electron chi connectivity index (χ0n) is 10.4. The van der Waals surface area contributed by atoms with Crippen molar-refractivity contribution in [3.05, 3.63) is 27.8 Å². The van der Waals surface area contributed by atoms with E-state index < -0.39 is 0 Å². The Morgan fingerprint density at radius 3 is 3.00 bits per heavy atom. The van der Waals surface area contributed by atoms with E-state index in [-0.39, 0.29) is 6.04 Å². The average molecular weight is 284 g/mol. The van der Waals surface area contributed by atoms with Crippen LogP contribution in [0.25, 0.3) is 0 Å². The van der Waals surface area contributed by atoms with Gasteiger partial charge in [-0.1, -0.05) is 5.16 Å². The second kappa shape index (κ2) is 6.31. The minimum absolute atomic E-state index is 0.170. The zero-order valence-corrected chi connectivity index (χ0v) is 12.1. The normalized spacial score (nSPS) is 12.8. The third-order valence-corrected chi connectivity index (χ3v) is 3.91. The van der Waals surface area contributed by atoms with E-state index in [1.54, 1.807) is 23.1 Å². The summed E-state index contributed by atoms with van der Waals surface area (Å²) in [6.07, 6.45) is 3.50. The molecule has 1 atom stereocenters. The molecule has 2 N–H and O–H groups in total. The first-order valence-corrected chi connectivity index (χ1v) is 7.94. The largest absolute Gasteiger partial charge is 0.338 e. The third-order valence-electron chi connectivity index (χ3n) is 2.44. The van der Waals surface area contributed by atoms with Gasteiger partial charge >= 0.3 is 0 Å². The zero-order chi connectivity index (χ0) is 13.0. The highest BCUT2D eigenvalue weighted by molar-refractivity contribution is 7.98. The van der Waals surface area contributed by atoms with Crippen molar-refractivity contribution in [3.8, 4) is 0 Å². The topological polar surface area (TPSA) is 77.8 Å². The summed E-state index contributed by atoms with van der Waals surface area (Å²) >= 11 is 3.38. The highest BCUT2D eigenvalue weighted by Crippen LogP contribution is 2.16. The van der Waals surface area contributed by atoms with Crippen LogP contribution in [0.15, 0.2) is 9.90 Å². The summed E-state index contributed by atoms with van der Waals surface area (Å²) in [5, 5.41) is 7.00. The Labute approximate surface area is 114 Å². The number of hydrogen-bond donors (Lipinski definition) is 1. The van der Waals surface area contributed by atoms with Crippen LogP contribution in [-0.2, 0) is 6.42 Å². The van der Waals surface area contributed by atoms with E-state index in [1.807, 2.05) is 12.3 Å². The fourth-order valence-corrected chi connectivity index (χ4v) is 2.61. The molecule has 2 aromatic rings. The molecule has 18 heavy (non-hydrogen) atoms. The first-order valence-electron chi connectivity index (χ1n) is 5.67. The number of aromatic nitrogens is 3. The molecule has 2 rings (SSSR count). The molecule has 0 saturated heterocycles. The average Bonchev–Trinajstić information content (AvgIpc) is 2.96. The van der Waals surface area contributed by atoms with E-state index in [0.717, 1.165) is 22.9 Å². The summed E-state index contributed by atoms with van der Waals surface area (Å²) in [6, 6.07) is -0.170. The van der Waals surface area contributed by atoms with E-state index in [1.165, 1.54) is 0 Å². The minimum atomic E-state index is -0.170. The fourth-order valence-electron chi connectivity index (χ4n) is 1.51. The second-order valence-corrected chi connectivity index (χ2v) is 6.02. The van der Waals surface area contributed by atoms with Crippen LogP contribution in [-0.4, -0.2) is 27.1 Å². The number of nitrogens with zero attached hydrogens (tertiary/aromatic N) is 3.